The first kappa shape index (κ1) is 17.9. The molecular weight excluding hydrogens is 375 g/mol. The van der Waals surface area contributed by atoms with Crippen LogP contribution in [0.1, 0.15) is 16.5 Å². The molecule has 8 heteroatoms. The SMILES string of the molecule is COc1ccc(N2C(=O)CSC2c2cccc(C(F)(F)F)c2)cc1Cl. The summed E-state index contributed by atoms with van der Waals surface area (Å²) in [6.45, 7) is 0. The lowest BCUT2D eigenvalue weighted by Crippen LogP contribution is -2.28. The van der Waals surface area contributed by atoms with Crippen LogP contribution in [-0.4, -0.2) is 18.8 Å². The third-order valence-electron chi connectivity index (χ3n) is 3.78. The molecule has 1 saturated heterocycles. The van der Waals surface area contributed by atoms with Gasteiger partial charge in [-0.05, 0) is 35.9 Å². The number of amides is 1. The van der Waals surface area contributed by atoms with Crippen LogP contribution < -0.4 is 9.64 Å². The molecule has 0 spiro atoms. The van der Waals surface area contributed by atoms with Crippen LogP contribution in [0.3, 0.4) is 0 Å². The molecule has 132 valence electrons. The van der Waals surface area contributed by atoms with Gasteiger partial charge in [-0.1, -0.05) is 23.7 Å². The van der Waals surface area contributed by atoms with Gasteiger partial charge >= 0.3 is 6.18 Å². The molecule has 1 aliphatic heterocycles. The number of benzene rings is 2. The van der Waals surface area contributed by atoms with E-state index in [1.807, 2.05) is 0 Å². The number of halogens is 4. The Morgan fingerprint density at radius 1 is 1.24 bits per heavy atom. The van der Waals surface area contributed by atoms with Gasteiger partial charge in [0.15, 0.2) is 0 Å². The molecule has 1 atom stereocenters. The van der Waals surface area contributed by atoms with Crippen LogP contribution >= 0.6 is 23.4 Å². The second kappa shape index (κ2) is 6.80. The normalized spacial score (nSPS) is 17.9. The zero-order chi connectivity index (χ0) is 18.2. The molecule has 0 bridgehead atoms. The average Bonchev–Trinajstić information content (AvgIpc) is 2.96. The molecule has 1 aliphatic rings. The van der Waals surface area contributed by atoms with Crippen molar-refractivity contribution in [3.05, 3.63) is 58.6 Å². The van der Waals surface area contributed by atoms with Gasteiger partial charge in [-0.2, -0.15) is 13.2 Å². The third kappa shape index (κ3) is 3.57. The Labute approximate surface area is 151 Å². The topological polar surface area (TPSA) is 29.5 Å². The van der Waals surface area contributed by atoms with Crippen LogP contribution in [0.4, 0.5) is 18.9 Å². The number of thioether (sulfide) groups is 1. The van der Waals surface area contributed by atoms with Gasteiger partial charge in [-0.25, -0.2) is 0 Å². The van der Waals surface area contributed by atoms with E-state index in [0.29, 0.717) is 22.0 Å². The molecule has 1 fully saturated rings. The second-order valence-corrected chi connectivity index (χ2v) is 6.84. The van der Waals surface area contributed by atoms with Gasteiger partial charge in [-0.3, -0.25) is 9.69 Å². The largest absolute Gasteiger partial charge is 0.495 e. The van der Waals surface area contributed by atoms with Crippen molar-refractivity contribution in [3.8, 4) is 5.75 Å². The van der Waals surface area contributed by atoms with Crippen molar-refractivity contribution in [1.82, 2.24) is 0 Å². The summed E-state index contributed by atoms with van der Waals surface area (Å²) in [6, 6.07) is 9.88. The van der Waals surface area contributed by atoms with Gasteiger partial charge in [0.05, 0.1) is 23.4 Å². The maximum atomic E-state index is 13.0. The zero-order valence-electron chi connectivity index (χ0n) is 13.0. The fraction of sp³-hybridized carbons (Fsp3) is 0.235. The predicted molar refractivity (Wildman–Crippen MR) is 92.1 cm³/mol. The zero-order valence-corrected chi connectivity index (χ0v) is 14.6. The monoisotopic (exact) mass is 387 g/mol. The molecule has 3 rings (SSSR count). The molecule has 0 aromatic heterocycles. The van der Waals surface area contributed by atoms with Crippen LogP contribution in [0.15, 0.2) is 42.5 Å². The Kier molecular flexibility index (Phi) is 4.88. The molecule has 0 saturated carbocycles. The number of hydrogen-bond donors (Lipinski definition) is 0. The number of anilines is 1. The van der Waals surface area contributed by atoms with E-state index in [1.165, 1.54) is 29.8 Å². The molecule has 3 nitrogen and oxygen atoms in total. The summed E-state index contributed by atoms with van der Waals surface area (Å²) in [5.74, 6) is 0.457. The van der Waals surface area contributed by atoms with Crippen molar-refractivity contribution in [2.24, 2.45) is 0 Å². The Morgan fingerprint density at radius 3 is 2.64 bits per heavy atom. The smallest absolute Gasteiger partial charge is 0.416 e. The lowest BCUT2D eigenvalue weighted by molar-refractivity contribution is -0.137. The van der Waals surface area contributed by atoms with Gasteiger partial charge in [0.25, 0.3) is 0 Å². The summed E-state index contributed by atoms with van der Waals surface area (Å²) in [6.07, 6.45) is -4.43. The van der Waals surface area contributed by atoms with Crippen LogP contribution in [0.2, 0.25) is 5.02 Å². The summed E-state index contributed by atoms with van der Waals surface area (Å²) in [5, 5.41) is -0.216. The number of carbonyl (C=O) groups is 1. The van der Waals surface area contributed by atoms with Gasteiger partial charge in [-0.15, -0.1) is 11.8 Å². The minimum absolute atomic E-state index is 0.185. The summed E-state index contributed by atoms with van der Waals surface area (Å²) >= 11 is 7.39. The lowest BCUT2D eigenvalue weighted by Gasteiger charge is -2.25. The number of ether oxygens (including phenoxy) is 1. The van der Waals surface area contributed by atoms with Crippen LogP contribution in [0, 0.1) is 0 Å². The number of alkyl halides is 3. The Hall–Kier alpha value is -1.86. The first-order valence-electron chi connectivity index (χ1n) is 7.25. The maximum absolute atomic E-state index is 13.0. The summed E-state index contributed by atoms with van der Waals surface area (Å²) in [7, 11) is 1.48. The van der Waals surface area contributed by atoms with Gasteiger partial charge in [0.2, 0.25) is 5.91 Å². The molecule has 0 aliphatic carbocycles. The van der Waals surface area contributed by atoms with E-state index in [0.717, 1.165) is 12.1 Å². The predicted octanol–water partition coefficient (Wildman–Crippen LogP) is 5.15. The van der Waals surface area contributed by atoms with Crippen LogP contribution in [0.5, 0.6) is 5.75 Å². The van der Waals surface area contributed by atoms with Gasteiger partial charge < -0.3 is 4.74 Å². The second-order valence-electron chi connectivity index (χ2n) is 5.37. The number of methoxy groups -OCH3 is 1. The van der Waals surface area contributed by atoms with Crippen LogP contribution in [0.25, 0.3) is 0 Å². The van der Waals surface area contributed by atoms with E-state index in [9.17, 15) is 18.0 Å². The van der Waals surface area contributed by atoms with Crippen molar-refractivity contribution >= 4 is 35.0 Å². The molecule has 2 aromatic carbocycles. The van der Waals surface area contributed by atoms with E-state index < -0.39 is 17.1 Å². The molecule has 1 amide bonds. The molecule has 1 heterocycles. The molecule has 1 unspecified atom stereocenters. The van der Waals surface area contributed by atoms with E-state index in [2.05, 4.69) is 0 Å². The third-order valence-corrected chi connectivity index (χ3v) is 5.29. The van der Waals surface area contributed by atoms with E-state index in [1.54, 1.807) is 24.3 Å². The fourth-order valence-corrected chi connectivity index (χ4v) is 4.04. The molecule has 0 radical (unpaired) electrons. The number of nitrogens with zero attached hydrogens (tertiary/aromatic N) is 1. The molecule has 25 heavy (non-hydrogen) atoms. The summed E-state index contributed by atoms with van der Waals surface area (Å²) < 4.78 is 44.0. The van der Waals surface area contributed by atoms with E-state index in [4.69, 9.17) is 16.3 Å². The minimum Gasteiger partial charge on any atom is -0.495 e. The summed E-state index contributed by atoms with van der Waals surface area (Å²) in [4.78, 5) is 13.8. The summed E-state index contributed by atoms with van der Waals surface area (Å²) in [5.41, 5.74) is 0.193. The average molecular weight is 388 g/mol. The van der Waals surface area contributed by atoms with E-state index >= 15 is 0 Å². The highest BCUT2D eigenvalue weighted by atomic mass is 35.5. The number of hydrogen-bond acceptors (Lipinski definition) is 3. The van der Waals surface area contributed by atoms with Crippen molar-refractivity contribution < 1.29 is 22.7 Å². The maximum Gasteiger partial charge on any atom is 0.416 e. The quantitative estimate of drug-likeness (QED) is 0.729. The highest BCUT2D eigenvalue weighted by molar-refractivity contribution is 8.00. The van der Waals surface area contributed by atoms with E-state index in [-0.39, 0.29) is 11.7 Å². The Balaban J connectivity index is 1.99. The highest BCUT2D eigenvalue weighted by Gasteiger charge is 2.36. The first-order valence-corrected chi connectivity index (χ1v) is 8.68. The molecule has 0 N–H and O–H groups in total. The van der Waals surface area contributed by atoms with Gasteiger partial charge in [0, 0.05) is 5.69 Å². The van der Waals surface area contributed by atoms with Crippen molar-refractivity contribution in [1.29, 1.82) is 0 Å². The molecule has 2 aromatic rings. The lowest BCUT2D eigenvalue weighted by atomic mass is 10.1. The minimum atomic E-state index is -4.43. The Bertz CT molecular complexity index is 813. The Morgan fingerprint density at radius 2 is 2.00 bits per heavy atom. The van der Waals surface area contributed by atoms with Crippen molar-refractivity contribution in [2.75, 3.05) is 17.8 Å². The standard InChI is InChI=1S/C17H13ClF3NO2S/c1-24-14-6-5-12(8-13(14)18)22-15(23)9-25-16(22)10-3-2-4-11(7-10)17(19,20)21/h2-8,16H,9H2,1H3. The first-order chi connectivity index (χ1) is 11.8. The number of carbonyl (C=O) groups excluding carboxylic acids is 1. The van der Waals surface area contributed by atoms with Crippen molar-refractivity contribution in [3.63, 3.8) is 0 Å². The highest BCUT2D eigenvalue weighted by Crippen LogP contribution is 2.44. The number of rotatable bonds is 3. The van der Waals surface area contributed by atoms with Gasteiger partial charge in [0.1, 0.15) is 11.1 Å². The van der Waals surface area contributed by atoms with Crippen molar-refractivity contribution in [2.45, 2.75) is 11.6 Å². The molecular formula is C17H13ClF3NO2S. The fourth-order valence-electron chi connectivity index (χ4n) is 2.62. The van der Waals surface area contributed by atoms with Crippen LogP contribution in [-0.2, 0) is 11.0 Å².